The van der Waals surface area contributed by atoms with Gasteiger partial charge in [0.05, 0.1) is 12.5 Å². The molecule has 0 unspecified atom stereocenters. The van der Waals surface area contributed by atoms with Crippen molar-refractivity contribution in [2.45, 2.75) is 6.42 Å². The first-order valence-electron chi connectivity index (χ1n) is 7.55. The number of aromatic hydroxyl groups is 4. The molecule has 136 valence electrons. The lowest BCUT2D eigenvalue weighted by Gasteiger charge is -2.01. The largest absolute Gasteiger partial charge is 0.504 e. The first kappa shape index (κ1) is 20.7. The molecule has 0 radical (unpaired) electrons. The van der Waals surface area contributed by atoms with Crippen molar-refractivity contribution >= 4 is 16.7 Å². The van der Waals surface area contributed by atoms with Crippen LogP contribution in [0.5, 0.6) is 23.0 Å². The Kier molecular flexibility index (Phi) is 8.10. The van der Waals surface area contributed by atoms with Crippen LogP contribution >= 0.6 is 0 Å². The summed E-state index contributed by atoms with van der Waals surface area (Å²) in [5.74, 6) is -0.156. The van der Waals surface area contributed by atoms with E-state index in [0.717, 1.165) is 5.56 Å². The van der Waals surface area contributed by atoms with Gasteiger partial charge in [0.15, 0.2) is 28.8 Å². The van der Waals surface area contributed by atoms with Crippen molar-refractivity contribution in [1.29, 1.82) is 0 Å². The Morgan fingerprint density at radius 1 is 0.920 bits per heavy atom. The first-order chi connectivity index (χ1) is 11.7. The second-order valence-corrected chi connectivity index (χ2v) is 7.88. The summed E-state index contributed by atoms with van der Waals surface area (Å²) in [5.41, 5.74) is 6.68. The normalized spacial score (nSPS) is 10.2. The Balaban J connectivity index is 0.000000257. The number of hydrogen-bond donors (Lipinski definition) is 5. The van der Waals surface area contributed by atoms with Crippen LogP contribution < -0.4 is 5.73 Å². The predicted octanol–water partition coefficient (Wildman–Crippen LogP) is 1.76. The lowest BCUT2D eigenvalue weighted by Crippen LogP contribution is -2.13. The molecule has 0 bridgehead atoms. The highest BCUT2D eigenvalue weighted by Gasteiger charge is 2.15. The van der Waals surface area contributed by atoms with Gasteiger partial charge in [0, 0.05) is 5.56 Å². The average molecular weight is 366 g/mol. The lowest BCUT2D eigenvalue weighted by atomic mass is 10.1. The molecule has 0 saturated carbocycles. The number of Topliss-reactive ketones (excluding diaryl/α,β-unsaturated/α-hetero) is 1. The molecule has 2 rings (SSSR count). The van der Waals surface area contributed by atoms with Crippen LogP contribution in [0.25, 0.3) is 0 Å². The van der Waals surface area contributed by atoms with Crippen LogP contribution in [-0.2, 0) is 17.3 Å². The molecule has 0 aromatic heterocycles. The number of phenols is 4. The monoisotopic (exact) mass is 366 g/mol. The summed E-state index contributed by atoms with van der Waals surface area (Å²) in [6, 6.07) is 8.85. The maximum absolute atomic E-state index is 11.5. The molecule has 6 nitrogen and oxygen atoms in total. The minimum atomic E-state index is -0.247. The van der Waals surface area contributed by atoms with Crippen LogP contribution in [0, 0.1) is 0 Å². The van der Waals surface area contributed by atoms with E-state index in [9.17, 15) is 9.90 Å². The van der Waals surface area contributed by atoms with E-state index in [1.165, 1.54) is 30.3 Å². The van der Waals surface area contributed by atoms with E-state index in [0.29, 0.717) is 24.3 Å². The van der Waals surface area contributed by atoms with Crippen molar-refractivity contribution in [2.75, 3.05) is 24.8 Å². The number of nitrogens with two attached hydrogens (primary N) is 1. The minimum Gasteiger partial charge on any atom is -0.504 e. The quantitative estimate of drug-likeness (QED) is 0.312. The molecule has 0 heterocycles. The number of benzene rings is 2. The highest BCUT2D eigenvalue weighted by atomic mass is 32.2. The fourth-order valence-electron chi connectivity index (χ4n) is 1.93. The van der Waals surface area contributed by atoms with E-state index < -0.39 is 0 Å². The highest BCUT2D eigenvalue weighted by Crippen LogP contribution is 2.25. The van der Waals surface area contributed by atoms with Crippen LogP contribution in [-0.4, -0.2) is 51.0 Å². The van der Waals surface area contributed by atoms with Gasteiger partial charge < -0.3 is 26.2 Å². The fraction of sp³-hybridized carbons (Fsp3) is 0.278. The summed E-state index contributed by atoms with van der Waals surface area (Å²) in [5, 5.41) is 36.2. The van der Waals surface area contributed by atoms with Gasteiger partial charge in [0.25, 0.3) is 0 Å². The fourth-order valence-corrected chi connectivity index (χ4v) is 2.62. The van der Waals surface area contributed by atoms with Gasteiger partial charge in [-0.3, -0.25) is 4.79 Å². The van der Waals surface area contributed by atoms with Gasteiger partial charge >= 0.3 is 0 Å². The molecule has 6 N–H and O–H groups in total. The second kappa shape index (κ2) is 9.80. The summed E-state index contributed by atoms with van der Waals surface area (Å²) in [4.78, 5) is 11.5. The molecule has 0 aliphatic rings. The third-order valence-corrected chi connectivity index (χ3v) is 4.03. The predicted molar refractivity (Wildman–Crippen MR) is 101 cm³/mol. The van der Waals surface area contributed by atoms with Crippen LogP contribution in [0.15, 0.2) is 36.4 Å². The standard InChI is InChI=1S/C10H12O3S.C8H11NO2/c1-14(2)6-10(13)7-3-4-8(11)9(12)5-7;9-4-3-6-1-2-7(10)8(11)5-6/h3-5H,6H2,1-2H3,(H-,11,12,13);1-2,5,10-11H,3-4,9H2/p+1. The molecule has 0 aliphatic carbocycles. The maximum Gasteiger partial charge on any atom is 0.211 e. The summed E-state index contributed by atoms with van der Waals surface area (Å²) in [7, 11) is 0.0482. The van der Waals surface area contributed by atoms with Crippen molar-refractivity contribution in [1.82, 2.24) is 0 Å². The molecule has 0 fully saturated rings. The summed E-state index contributed by atoms with van der Waals surface area (Å²) >= 11 is 0. The lowest BCUT2D eigenvalue weighted by molar-refractivity contribution is 0.102. The number of ketones is 1. The molecule has 7 heteroatoms. The van der Waals surface area contributed by atoms with Crippen LogP contribution in [0.1, 0.15) is 15.9 Å². The molecule has 0 saturated heterocycles. The van der Waals surface area contributed by atoms with Gasteiger partial charge in [0.1, 0.15) is 0 Å². The molecular weight excluding hydrogens is 342 g/mol. The van der Waals surface area contributed by atoms with Crippen LogP contribution in [0.3, 0.4) is 0 Å². The second-order valence-electron chi connectivity index (χ2n) is 5.62. The zero-order valence-corrected chi connectivity index (χ0v) is 15.1. The molecule has 25 heavy (non-hydrogen) atoms. The van der Waals surface area contributed by atoms with Crippen LogP contribution in [0.4, 0.5) is 0 Å². The zero-order chi connectivity index (χ0) is 19.0. The smallest absolute Gasteiger partial charge is 0.211 e. The number of hydrogen-bond acceptors (Lipinski definition) is 6. The van der Waals surface area contributed by atoms with Crippen LogP contribution in [0.2, 0.25) is 0 Å². The van der Waals surface area contributed by atoms with Crippen molar-refractivity contribution in [3.8, 4) is 23.0 Å². The van der Waals surface area contributed by atoms with Crippen molar-refractivity contribution in [3.05, 3.63) is 47.5 Å². The Morgan fingerprint density at radius 2 is 1.48 bits per heavy atom. The molecular formula is C18H24NO5S+. The van der Waals surface area contributed by atoms with Crippen molar-refractivity contribution in [3.63, 3.8) is 0 Å². The number of phenolic OH excluding ortho intramolecular Hbond substituents is 4. The Hall–Kier alpha value is -2.38. The number of rotatable bonds is 5. The van der Waals surface area contributed by atoms with Gasteiger partial charge in [0.2, 0.25) is 5.78 Å². The van der Waals surface area contributed by atoms with E-state index in [4.69, 9.17) is 21.1 Å². The Morgan fingerprint density at radius 3 is 1.96 bits per heavy atom. The molecule has 0 spiro atoms. The minimum absolute atomic E-state index is 0.00590. The number of carbonyl (C=O) groups excluding carboxylic acids is 1. The molecule has 0 atom stereocenters. The van der Waals surface area contributed by atoms with E-state index >= 15 is 0 Å². The summed E-state index contributed by atoms with van der Waals surface area (Å²) in [6.07, 6.45) is 4.68. The van der Waals surface area contributed by atoms with Gasteiger partial charge in [-0.2, -0.15) is 0 Å². The molecule has 0 amide bonds. The molecule has 0 aliphatic heterocycles. The van der Waals surface area contributed by atoms with Gasteiger partial charge in [-0.25, -0.2) is 0 Å². The topological polar surface area (TPSA) is 124 Å². The Labute approximate surface area is 149 Å². The van der Waals surface area contributed by atoms with Crippen molar-refractivity contribution in [2.24, 2.45) is 5.73 Å². The van der Waals surface area contributed by atoms with Crippen molar-refractivity contribution < 1.29 is 25.2 Å². The van der Waals surface area contributed by atoms with E-state index in [2.05, 4.69) is 0 Å². The average Bonchev–Trinajstić information content (AvgIpc) is 2.54. The molecule has 2 aromatic carbocycles. The van der Waals surface area contributed by atoms with Gasteiger partial charge in [-0.05, 0) is 59.8 Å². The SMILES string of the molecule is C[S+](C)CC(=O)c1ccc(O)c(O)c1.NCCc1ccc(O)c(O)c1. The van der Waals surface area contributed by atoms with Gasteiger partial charge in [-0.15, -0.1) is 0 Å². The van der Waals surface area contributed by atoms with Gasteiger partial charge in [-0.1, -0.05) is 6.07 Å². The summed E-state index contributed by atoms with van der Waals surface area (Å²) < 4.78 is 0. The Bertz CT molecular complexity index is 719. The van der Waals surface area contributed by atoms with E-state index in [1.807, 2.05) is 12.5 Å². The number of carbonyl (C=O) groups is 1. The van der Waals surface area contributed by atoms with E-state index in [-0.39, 0.29) is 39.7 Å². The maximum atomic E-state index is 11.5. The highest BCUT2D eigenvalue weighted by molar-refractivity contribution is 7.96. The van der Waals surface area contributed by atoms with E-state index in [1.54, 1.807) is 6.07 Å². The first-order valence-corrected chi connectivity index (χ1v) is 9.76. The third kappa shape index (κ3) is 6.94. The third-order valence-electron chi connectivity index (χ3n) is 3.19. The summed E-state index contributed by atoms with van der Waals surface area (Å²) in [6.45, 7) is 0.546. The molecule has 2 aromatic rings. The zero-order valence-electron chi connectivity index (χ0n) is 14.3.